The van der Waals surface area contributed by atoms with Crippen LogP contribution in [-0.2, 0) is 4.74 Å². The van der Waals surface area contributed by atoms with E-state index in [0.29, 0.717) is 6.10 Å². The quantitative estimate of drug-likeness (QED) is 0.739. The van der Waals surface area contributed by atoms with E-state index in [1.165, 1.54) is 36.8 Å². The predicted molar refractivity (Wildman–Crippen MR) is 105 cm³/mol. The maximum atomic E-state index is 10.3. The molecule has 4 fully saturated rings. The summed E-state index contributed by atoms with van der Waals surface area (Å²) >= 11 is 0. The summed E-state index contributed by atoms with van der Waals surface area (Å²) in [5, 5.41) is 10.3. The average Bonchev–Trinajstić information content (AvgIpc) is 3.24. The molecule has 1 spiro atoms. The number of aromatic nitrogens is 1. The molecule has 1 saturated heterocycles. The zero-order chi connectivity index (χ0) is 18.4. The highest BCUT2D eigenvalue weighted by Gasteiger charge is 2.75. The lowest BCUT2D eigenvalue weighted by Crippen LogP contribution is -2.58. The van der Waals surface area contributed by atoms with Crippen molar-refractivity contribution < 1.29 is 9.84 Å². The van der Waals surface area contributed by atoms with Crippen molar-refractivity contribution in [3.05, 3.63) is 36.2 Å². The molecule has 8 atom stereocenters. The second-order valence-corrected chi connectivity index (χ2v) is 10.5. The Morgan fingerprint density at radius 1 is 1.19 bits per heavy atom. The summed E-state index contributed by atoms with van der Waals surface area (Å²) in [5.41, 5.74) is 3.40. The SMILES string of the molecule is C[C@]12CC[C@H]3[C@@H](CC4OC45C[C@@H](O)CC[C@]35C)[C@@H]1CC=C2c1cccnc1. The maximum Gasteiger partial charge on any atom is 0.103 e. The summed E-state index contributed by atoms with van der Waals surface area (Å²) < 4.78 is 6.44. The predicted octanol–water partition coefficient (Wildman–Crippen LogP) is 4.61. The Hall–Kier alpha value is -1.19. The Morgan fingerprint density at radius 3 is 2.89 bits per heavy atom. The normalized spacial score (nSPS) is 52.9. The van der Waals surface area contributed by atoms with Gasteiger partial charge in [0.2, 0.25) is 0 Å². The van der Waals surface area contributed by atoms with Gasteiger partial charge in [0.05, 0.1) is 12.2 Å². The lowest BCUT2D eigenvalue weighted by atomic mass is 9.44. The minimum atomic E-state index is -0.154. The van der Waals surface area contributed by atoms with E-state index < -0.39 is 0 Å². The Morgan fingerprint density at radius 2 is 2.07 bits per heavy atom. The molecule has 1 aromatic rings. The Bertz CT molecular complexity index is 806. The van der Waals surface area contributed by atoms with Crippen molar-refractivity contribution in [3.8, 4) is 0 Å². The van der Waals surface area contributed by atoms with Gasteiger partial charge >= 0.3 is 0 Å². The van der Waals surface area contributed by atoms with Gasteiger partial charge in [-0.3, -0.25) is 4.98 Å². The Kier molecular flexibility index (Phi) is 3.25. The van der Waals surface area contributed by atoms with Crippen molar-refractivity contribution in [2.75, 3.05) is 0 Å². The van der Waals surface area contributed by atoms with Crippen LogP contribution in [0.4, 0.5) is 0 Å². The van der Waals surface area contributed by atoms with Crippen molar-refractivity contribution in [1.82, 2.24) is 4.98 Å². The minimum absolute atomic E-state index is 0.00219. The monoisotopic (exact) mass is 365 g/mol. The fraction of sp³-hybridized carbons (Fsp3) is 0.708. The average molecular weight is 366 g/mol. The van der Waals surface area contributed by atoms with E-state index in [4.69, 9.17) is 4.74 Å². The second kappa shape index (κ2) is 5.24. The number of hydrogen-bond donors (Lipinski definition) is 1. The van der Waals surface area contributed by atoms with Gasteiger partial charge in [0.1, 0.15) is 5.60 Å². The van der Waals surface area contributed by atoms with Crippen LogP contribution in [-0.4, -0.2) is 27.9 Å². The van der Waals surface area contributed by atoms with Gasteiger partial charge in [-0.15, -0.1) is 0 Å². The minimum Gasteiger partial charge on any atom is -0.393 e. The van der Waals surface area contributed by atoms with E-state index in [0.717, 1.165) is 37.0 Å². The molecule has 6 rings (SSSR count). The van der Waals surface area contributed by atoms with Crippen LogP contribution in [0.15, 0.2) is 30.6 Å². The Balaban J connectivity index is 1.35. The zero-order valence-electron chi connectivity index (χ0n) is 16.5. The van der Waals surface area contributed by atoms with Gasteiger partial charge < -0.3 is 9.84 Å². The third-order valence-corrected chi connectivity index (χ3v) is 9.61. The molecular weight excluding hydrogens is 334 g/mol. The molecule has 2 heterocycles. The molecule has 0 amide bonds. The summed E-state index contributed by atoms with van der Waals surface area (Å²) in [7, 11) is 0. The standard InChI is InChI=1S/C24H31NO2/c1-22-9-8-20-17(19(22)6-5-18(22)15-4-3-11-25-14-15)12-21-24(27-21)13-16(26)7-10-23(20,24)2/h3-5,11,14,16-17,19-21,26H,6-10,12-13H2,1-2H3/t16-,17-,19-,20-,21?,22+,23+,24?/m0/s1. The highest BCUT2D eigenvalue weighted by molar-refractivity contribution is 5.72. The van der Waals surface area contributed by atoms with Crippen molar-refractivity contribution in [1.29, 1.82) is 0 Å². The largest absolute Gasteiger partial charge is 0.393 e. The third kappa shape index (κ3) is 1.98. The van der Waals surface area contributed by atoms with E-state index in [1.54, 1.807) is 0 Å². The van der Waals surface area contributed by atoms with E-state index in [9.17, 15) is 5.11 Å². The maximum absolute atomic E-state index is 10.3. The van der Waals surface area contributed by atoms with Gasteiger partial charge in [0.25, 0.3) is 0 Å². The van der Waals surface area contributed by atoms with E-state index >= 15 is 0 Å². The molecule has 0 bridgehead atoms. The third-order valence-electron chi connectivity index (χ3n) is 9.61. The number of pyridine rings is 1. The van der Waals surface area contributed by atoms with Crippen molar-refractivity contribution >= 4 is 5.57 Å². The fourth-order valence-corrected chi connectivity index (χ4v) is 8.19. The van der Waals surface area contributed by atoms with Crippen LogP contribution < -0.4 is 0 Å². The van der Waals surface area contributed by atoms with Gasteiger partial charge in [-0.1, -0.05) is 26.0 Å². The van der Waals surface area contributed by atoms with Gasteiger partial charge in [-0.2, -0.15) is 0 Å². The topological polar surface area (TPSA) is 45.6 Å². The smallest absolute Gasteiger partial charge is 0.103 e. The summed E-state index contributed by atoms with van der Waals surface area (Å²) in [6.07, 6.45) is 14.6. The lowest BCUT2D eigenvalue weighted by molar-refractivity contribution is -0.102. The summed E-state index contributed by atoms with van der Waals surface area (Å²) in [5.74, 6) is 2.25. The van der Waals surface area contributed by atoms with Crippen molar-refractivity contribution in [2.45, 2.75) is 76.6 Å². The van der Waals surface area contributed by atoms with Crippen LogP contribution >= 0.6 is 0 Å². The van der Waals surface area contributed by atoms with E-state index in [2.05, 4.69) is 37.0 Å². The van der Waals surface area contributed by atoms with Crippen molar-refractivity contribution in [3.63, 3.8) is 0 Å². The molecule has 2 unspecified atom stereocenters. The summed E-state index contributed by atoms with van der Waals surface area (Å²) in [6, 6.07) is 4.30. The molecule has 144 valence electrons. The van der Waals surface area contributed by atoms with Crippen LogP contribution in [0.25, 0.3) is 5.57 Å². The van der Waals surface area contributed by atoms with Gasteiger partial charge in [-0.25, -0.2) is 0 Å². The highest BCUT2D eigenvalue weighted by atomic mass is 16.6. The van der Waals surface area contributed by atoms with Gasteiger partial charge in [0.15, 0.2) is 0 Å². The molecule has 4 aliphatic carbocycles. The molecule has 27 heavy (non-hydrogen) atoms. The van der Waals surface area contributed by atoms with Crippen LogP contribution in [0, 0.1) is 28.6 Å². The molecule has 3 heteroatoms. The molecule has 3 nitrogen and oxygen atoms in total. The molecule has 0 radical (unpaired) electrons. The number of aliphatic hydroxyl groups is 1. The number of aliphatic hydroxyl groups excluding tert-OH is 1. The van der Waals surface area contributed by atoms with E-state index in [1.807, 2.05) is 12.4 Å². The number of allylic oxidation sites excluding steroid dienone is 2. The van der Waals surface area contributed by atoms with Crippen LogP contribution in [0.5, 0.6) is 0 Å². The molecule has 1 aliphatic heterocycles. The zero-order valence-corrected chi connectivity index (χ0v) is 16.5. The number of rotatable bonds is 1. The summed E-state index contributed by atoms with van der Waals surface area (Å²) in [6.45, 7) is 5.02. The molecule has 5 aliphatic rings. The number of epoxide rings is 1. The number of ether oxygens (including phenoxy) is 1. The Labute approximate surface area is 162 Å². The summed E-state index contributed by atoms with van der Waals surface area (Å²) in [4.78, 5) is 4.38. The first-order chi connectivity index (χ1) is 13.0. The molecule has 0 aromatic carbocycles. The molecule has 3 saturated carbocycles. The molecular formula is C24H31NO2. The van der Waals surface area contributed by atoms with Crippen LogP contribution in [0.1, 0.15) is 64.4 Å². The first-order valence-corrected chi connectivity index (χ1v) is 10.9. The van der Waals surface area contributed by atoms with Gasteiger partial charge in [0, 0.05) is 24.2 Å². The second-order valence-electron chi connectivity index (χ2n) is 10.5. The first kappa shape index (κ1) is 16.7. The van der Waals surface area contributed by atoms with Crippen LogP contribution in [0.2, 0.25) is 0 Å². The molecule has 1 aromatic heterocycles. The van der Waals surface area contributed by atoms with Gasteiger partial charge in [-0.05, 0) is 78.9 Å². The number of nitrogens with zero attached hydrogens (tertiary/aromatic N) is 1. The highest BCUT2D eigenvalue weighted by Crippen LogP contribution is 2.73. The van der Waals surface area contributed by atoms with Crippen LogP contribution in [0.3, 0.4) is 0 Å². The lowest BCUT2D eigenvalue weighted by Gasteiger charge is -2.59. The number of fused-ring (bicyclic) bond motifs is 4. The fourth-order valence-electron chi connectivity index (χ4n) is 8.19. The number of hydrogen-bond acceptors (Lipinski definition) is 3. The molecule has 1 N–H and O–H groups in total. The first-order valence-electron chi connectivity index (χ1n) is 10.9. The van der Waals surface area contributed by atoms with Crippen molar-refractivity contribution in [2.24, 2.45) is 28.6 Å². The van der Waals surface area contributed by atoms with E-state index in [-0.39, 0.29) is 22.5 Å².